The highest BCUT2D eigenvalue weighted by Gasteiger charge is 2.63. The number of hydrogen-bond donors (Lipinski definition) is 2. The van der Waals surface area contributed by atoms with Crippen molar-refractivity contribution < 1.29 is 13.9 Å². The van der Waals surface area contributed by atoms with Crippen LogP contribution in [0.3, 0.4) is 0 Å². The van der Waals surface area contributed by atoms with E-state index in [0.29, 0.717) is 0 Å². The molecule has 14 heavy (non-hydrogen) atoms. The first-order valence-corrected chi connectivity index (χ1v) is 6.38. The predicted octanol–water partition coefficient (Wildman–Crippen LogP) is 1.25. The molecule has 0 aromatic carbocycles. The van der Waals surface area contributed by atoms with Crippen molar-refractivity contribution in [1.29, 1.82) is 0 Å². The van der Waals surface area contributed by atoms with E-state index in [0.717, 1.165) is 0 Å². The molecule has 0 aromatic rings. The SMILES string of the molecule is CCC1(F)O[C@](I)(CN)[C@@](I)(CN)O1. The molecule has 0 aliphatic carbocycles. The molecular weight excluding hydrogens is 417 g/mol. The Balaban J connectivity index is 2.97. The third-order valence-corrected chi connectivity index (χ3v) is 6.23. The monoisotopic (exact) mass is 430 g/mol. The molecule has 4 nitrogen and oxygen atoms in total. The van der Waals surface area contributed by atoms with E-state index >= 15 is 0 Å². The molecule has 4 N–H and O–H groups in total. The molecule has 0 amide bonds. The summed E-state index contributed by atoms with van der Waals surface area (Å²) in [5.74, 6) is 0. The molecule has 1 aliphatic rings. The summed E-state index contributed by atoms with van der Waals surface area (Å²) < 4.78 is 22.5. The van der Waals surface area contributed by atoms with Crippen LogP contribution < -0.4 is 11.5 Å². The zero-order valence-corrected chi connectivity index (χ0v) is 12.0. The molecule has 84 valence electrons. The van der Waals surface area contributed by atoms with Crippen LogP contribution in [0, 0.1) is 0 Å². The van der Waals surface area contributed by atoms with Gasteiger partial charge in [-0.05, 0) is 45.2 Å². The van der Waals surface area contributed by atoms with E-state index in [4.69, 9.17) is 20.9 Å². The second-order valence-electron chi connectivity index (χ2n) is 3.08. The number of alkyl halides is 3. The van der Waals surface area contributed by atoms with Crippen molar-refractivity contribution in [3.63, 3.8) is 0 Å². The van der Waals surface area contributed by atoms with Crippen molar-refractivity contribution in [2.75, 3.05) is 13.1 Å². The van der Waals surface area contributed by atoms with Gasteiger partial charge in [0.05, 0.1) is 0 Å². The molecule has 0 spiro atoms. The van der Waals surface area contributed by atoms with E-state index < -0.39 is 13.3 Å². The van der Waals surface area contributed by atoms with Crippen LogP contribution >= 0.6 is 45.2 Å². The molecule has 7 heteroatoms. The molecule has 0 aromatic heterocycles. The highest BCUT2D eigenvalue weighted by molar-refractivity contribution is 14.1. The van der Waals surface area contributed by atoms with Crippen molar-refractivity contribution in [3.05, 3.63) is 0 Å². The third-order valence-electron chi connectivity index (χ3n) is 2.13. The molecule has 1 heterocycles. The van der Waals surface area contributed by atoms with Gasteiger partial charge < -0.3 is 20.9 Å². The Labute approximate surface area is 110 Å². The Morgan fingerprint density at radius 2 is 1.50 bits per heavy atom. The van der Waals surface area contributed by atoms with Gasteiger partial charge in [-0.15, -0.1) is 0 Å². The van der Waals surface area contributed by atoms with Crippen LogP contribution in [-0.4, -0.2) is 26.3 Å². The molecule has 1 aliphatic heterocycles. The van der Waals surface area contributed by atoms with Crippen molar-refractivity contribution in [3.8, 4) is 0 Å². The summed E-state index contributed by atoms with van der Waals surface area (Å²) in [5, 5.41) is 0. The Morgan fingerprint density at radius 3 is 1.71 bits per heavy atom. The Bertz CT molecular complexity index is 216. The smallest absolute Gasteiger partial charge is 0.322 e. The second-order valence-corrected chi connectivity index (χ2v) is 6.57. The summed E-state index contributed by atoms with van der Waals surface area (Å²) in [4.78, 5) is 0. The molecule has 2 atom stereocenters. The number of ether oxygens (including phenoxy) is 2. The van der Waals surface area contributed by atoms with Gasteiger partial charge in [-0.3, -0.25) is 0 Å². The van der Waals surface area contributed by atoms with Gasteiger partial charge in [-0.1, -0.05) is 6.92 Å². The minimum atomic E-state index is -2.07. The molecule has 0 unspecified atom stereocenters. The fourth-order valence-electron chi connectivity index (χ4n) is 1.19. The maximum Gasteiger partial charge on any atom is 0.322 e. The maximum atomic E-state index is 13.8. The molecule has 1 rings (SSSR count). The molecule has 1 saturated heterocycles. The van der Waals surface area contributed by atoms with Crippen molar-refractivity contribution >= 4 is 45.2 Å². The van der Waals surface area contributed by atoms with Gasteiger partial charge >= 0.3 is 6.04 Å². The van der Waals surface area contributed by atoms with E-state index in [2.05, 4.69) is 0 Å². The fourth-order valence-corrected chi connectivity index (χ4v) is 2.51. The van der Waals surface area contributed by atoms with E-state index in [1.807, 2.05) is 45.2 Å². The lowest BCUT2D eigenvalue weighted by molar-refractivity contribution is -0.269. The quantitative estimate of drug-likeness (QED) is 0.523. The standard InChI is InChI=1S/C7H13FI2N2O2/c1-2-7(8)13-5(9,3-11)6(10,4-12)14-7/h2-4,11-12H2,1H3/t5-,6-/m1/s1. The zero-order chi connectivity index (χ0) is 11.0. The van der Waals surface area contributed by atoms with E-state index in [9.17, 15) is 4.39 Å². The van der Waals surface area contributed by atoms with Gasteiger partial charge in [0.25, 0.3) is 0 Å². The van der Waals surface area contributed by atoms with Crippen LogP contribution in [0.15, 0.2) is 0 Å². The van der Waals surface area contributed by atoms with Gasteiger partial charge in [0.1, 0.15) is 0 Å². The minimum Gasteiger partial charge on any atom is -0.327 e. The molecule has 1 fully saturated rings. The summed E-state index contributed by atoms with van der Waals surface area (Å²) in [6.45, 7) is 1.95. The largest absolute Gasteiger partial charge is 0.327 e. The van der Waals surface area contributed by atoms with Crippen molar-refractivity contribution in [2.45, 2.75) is 26.6 Å². The second kappa shape index (κ2) is 4.24. The van der Waals surface area contributed by atoms with Gasteiger partial charge in [0.2, 0.25) is 0 Å². The normalized spacial score (nSPS) is 41.6. The minimum absolute atomic E-state index is 0.114. The Morgan fingerprint density at radius 1 is 1.14 bits per heavy atom. The van der Waals surface area contributed by atoms with Crippen LogP contribution in [-0.2, 0) is 9.47 Å². The first kappa shape index (κ1) is 13.3. The molecular formula is C7H13FI2N2O2. The predicted molar refractivity (Wildman–Crippen MR) is 67.9 cm³/mol. The number of rotatable bonds is 3. The van der Waals surface area contributed by atoms with Crippen LogP contribution in [0.5, 0.6) is 0 Å². The van der Waals surface area contributed by atoms with Crippen LogP contribution in [0.2, 0.25) is 0 Å². The van der Waals surface area contributed by atoms with Crippen LogP contribution in [0.25, 0.3) is 0 Å². The third kappa shape index (κ3) is 2.03. The average Bonchev–Trinajstić information content (AvgIpc) is 2.37. The molecule has 0 saturated carbocycles. The number of halogens is 3. The van der Waals surface area contributed by atoms with Gasteiger partial charge in [0.15, 0.2) is 7.22 Å². The van der Waals surface area contributed by atoms with E-state index in [-0.39, 0.29) is 19.5 Å². The highest BCUT2D eigenvalue weighted by Crippen LogP contribution is 2.52. The average molecular weight is 430 g/mol. The Hall–Kier alpha value is 1.23. The maximum absolute atomic E-state index is 13.8. The summed E-state index contributed by atoms with van der Waals surface area (Å²) in [7, 11) is 0. The first-order chi connectivity index (χ1) is 6.35. The Kier molecular flexibility index (Phi) is 4.03. The number of hydrogen-bond acceptors (Lipinski definition) is 4. The number of nitrogens with two attached hydrogens (primary N) is 2. The van der Waals surface area contributed by atoms with Gasteiger partial charge in [-0.2, -0.15) is 4.39 Å². The van der Waals surface area contributed by atoms with Gasteiger partial charge in [0, 0.05) is 19.5 Å². The van der Waals surface area contributed by atoms with Crippen molar-refractivity contribution in [2.24, 2.45) is 11.5 Å². The summed E-state index contributed by atoms with van der Waals surface area (Å²) >= 11 is 3.91. The van der Waals surface area contributed by atoms with Crippen LogP contribution in [0.4, 0.5) is 4.39 Å². The summed E-state index contributed by atoms with van der Waals surface area (Å²) in [6.07, 6.45) is 0.114. The highest BCUT2D eigenvalue weighted by atomic mass is 127. The van der Waals surface area contributed by atoms with Gasteiger partial charge in [-0.25, -0.2) is 0 Å². The zero-order valence-electron chi connectivity index (χ0n) is 7.73. The first-order valence-electron chi connectivity index (χ1n) is 4.22. The lowest BCUT2D eigenvalue weighted by Crippen LogP contribution is -2.51. The van der Waals surface area contributed by atoms with Crippen LogP contribution in [0.1, 0.15) is 13.3 Å². The molecule has 0 radical (unpaired) electrons. The lowest BCUT2D eigenvalue weighted by atomic mass is 10.2. The van der Waals surface area contributed by atoms with E-state index in [1.54, 1.807) is 6.92 Å². The van der Waals surface area contributed by atoms with E-state index in [1.165, 1.54) is 0 Å². The molecule has 0 bridgehead atoms. The van der Waals surface area contributed by atoms with Crippen molar-refractivity contribution in [1.82, 2.24) is 0 Å². The topological polar surface area (TPSA) is 70.5 Å². The summed E-state index contributed by atoms with van der Waals surface area (Å²) in [6, 6.07) is -2.07. The fraction of sp³-hybridized carbons (Fsp3) is 1.00. The summed E-state index contributed by atoms with van der Waals surface area (Å²) in [5.41, 5.74) is 11.1. The lowest BCUT2D eigenvalue weighted by Gasteiger charge is -2.31.